The average molecular weight is 230 g/mol. The summed E-state index contributed by atoms with van der Waals surface area (Å²) in [5.74, 6) is 1.39. The Labute approximate surface area is 99.9 Å². The highest BCUT2D eigenvalue weighted by Crippen LogP contribution is 2.22. The fourth-order valence-electron chi connectivity index (χ4n) is 1.51. The highest BCUT2D eigenvalue weighted by molar-refractivity contribution is 5.34. The van der Waals surface area contributed by atoms with Gasteiger partial charge in [0.2, 0.25) is 0 Å². The van der Waals surface area contributed by atoms with Gasteiger partial charge in [0, 0.05) is 0 Å². The molecule has 2 N–H and O–H groups in total. The Morgan fingerprint density at radius 3 is 2.12 bits per heavy atom. The Balaban J connectivity index is 2.13. The molecular formula is C14H14O3. The molecule has 0 aliphatic heterocycles. The van der Waals surface area contributed by atoms with Crippen LogP contribution in [-0.2, 0) is 13.2 Å². The molecule has 0 spiro atoms. The standard InChI is InChI=1S/C14H14O3/c15-9-11-4-6-13(7-5-11)17-14-3-1-2-12(8-14)10-16/h1-8,15-16H,9-10H2. The number of benzene rings is 2. The third-order valence-electron chi connectivity index (χ3n) is 2.42. The number of hydrogen-bond donors (Lipinski definition) is 2. The zero-order valence-corrected chi connectivity index (χ0v) is 9.34. The van der Waals surface area contributed by atoms with Crippen LogP contribution >= 0.6 is 0 Å². The summed E-state index contributed by atoms with van der Waals surface area (Å²) in [6.45, 7) is 0.0287. The maximum Gasteiger partial charge on any atom is 0.127 e. The fraction of sp³-hybridized carbons (Fsp3) is 0.143. The third-order valence-corrected chi connectivity index (χ3v) is 2.42. The van der Waals surface area contributed by atoms with E-state index in [1.54, 1.807) is 18.2 Å². The molecule has 0 radical (unpaired) electrons. The van der Waals surface area contributed by atoms with E-state index in [1.165, 1.54) is 0 Å². The molecule has 2 rings (SSSR count). The monoisotopic (exact) mass is 230 g/mol. The second-order valence-corrected chi connectivity index (χ2v) is 3.71. The lowest BCUT2D eigenvalue weighted by Crippen LogP contribution is -1.88. The molecule has 0 saturated heterocycles. The fourth-order valence-corrected chi connectivity index (χ4v) is 1.51. The molecule has 2 aromatic carbocycles. The van der Waals surface area contributed by atoms with Crippen molar-refractivity contribution in [2.45, 2.75) is 13.2 Å². The Morgan fingerprint density at radius 1 is 0.765 bits per heavy atom. The summed E-state index contributed by atoms with van der Waals surface area (Å²) in [7, 11) is 0. The van der Waals surface area contributed by atoms with Crippen molar-refractivity contribution in [3.05, 3.63) is 59.7 Å². The zero-order chi connectivity index (χ0) is 12.1. The van der Waals surface area contributed by atoms with E-state index >= 15 is 0 Å². The summed E-state index contributed by atoms with van der Waals surface area (Å²) in [6.07, 6.45) is 0. The van der Waals surface area contributed by atoms with E-state index in [4.69, 9.17) is 14.9 Å². The van der Waals surface area contributed by atoms with Gasteiger partial charge in [0.25, 0.3) is 0 Å². The van der Waals surface area contributed by atoms with Gasteiger partial charge in [0.05, 0.1) is 13.2 Å². The van der Waals surface area contributed by atoms with Crippen molar-refractivity contribution in [2.75, 3.05) is 0 Å². The van der Waals surface area contributed by atoms with Crippen molar-refractivity contribution in [3.63, 3.8) is 0 Å². The van der Waals surface area contributed by atoms with Crippen molar-refractivity contribution in [1.29, 1.82) is 0 Å². The molecule has 0 fully saturated rings. The molecular weight excluding hydrogens is 216 g/mol. The van der Waals surface area contributed by atoms with Crippen LogP contribution in [0.1, 0.15) is 11.1 Å². The van der Waals surface area contributed by atoms with E-state index in [2.05, 4.69) is 0 Å². The first-order valence-corrected chi connectivity index (χ1v) is 5.39. The molecule has 0 bridgehead atoms. The second-order valence-electron chi connectivity index (χ2n) is 3.71. The van der Waals surface area contributed by atoms with Crippen molar-refractivity contribution in [2.24, 2.45) is 0 Å². The Bertz CT molecular complexity index is 477. The van der Waals surface area contributed by atoms with Gasteiger partial charge in [-0.25, -0.2) is 0 Å². The number of aliphatic hydroxyl groups excluding tert-OH is 2. The van der Waals surface area contributed by atoms with Gasteiger partial charge in [-0.15, -0.1) is 0 Å². The van der Waals surface area contributed by atoms with Gasteiger partial charge < -0.3 is 14.9 Å². The maximum absolute atomic E-state index is 9.01. The molecule has 0 atom stereocenters. The summed E-state index contributed by atoms with van der Waals surface area (Å²) in [6, 6.07) is 14.5. The van der Waals surface area contributed by atoms with Crippen molar-refractivity contribution < 1.29 is 14.9 Å². The Morgan fingerprint density at radius 2 is 1.47 bits per heavy atom. The Hall–Kier alpha value is -1.84. The van der Waals surface area contributed by atoms with Crippen LogP contribution in [-0.4, -0.2) is 10.2 Å². The van der Waals surface area contributed by atoms with Crippen LogP contribution < -0.4 is 4.74 Å². The van der Waals surface area contributed by atoms with E-state index in [0.717, 1.165) is 11.1 Å². The van der Waals surface area contributed by atoms with Gasteiger partial charge in [0.1, 0.15) is 11.5 Å². The summed E-state index contributed by atoms with van der Waals surface area (Å²) in [4.78, 5) is 0. The van der Waals surface area contributed by atoms with Crippen LogP contribution in [0, 0.1) is 0 Å². The summed E-state index contributed by atoms with van der Waals surface area (Å²) < 4.78 is 5.63. The first-order valence-electron chi connectivity index (χ1n) is 5.39. The van der Waals surface area contributed by atoms with Crippen LogP contribution in [0.3, 0.4) is 0 Å². The second kappa shape index (κ2) is 5.48. The van der Waals surface area contributed by atoms with Crippen LogP contribution in [0.25, 0.3) is 0 Å². The quantitative estimate of drug-likeness (QED) is 0.848. The molecule has 3 nitrogen and oxygen atoms in total. The van der Waals surface area contributed by atoms with Gasteiger partial charge in [0.15, 0.2) is 0 Å². The first-order chi connectivity index (χ1) is 8.31. The molecule has 0 aliphatic rings. The summed E-state index contributed by atoms with van der Waals surface area (Å²) in [5.41, 5.74) is 1.66. The number of ether oxygens (including phenoxy) is 1. The van der Waals surface area contributed by atoms with E-state index in [1.807, 2.05) is 30.3 Å². The predicted molar refractivity (Wildman–Crippen MR) is 64.8 cm³/mol. The van der Waals surface area contributed by atoms with E-state index < -0.39 is 0 Å². The minimum absolute atomic E-state index is 0.000645. The smallest absolute Gasteiger partial charge is 0.127 e. The SMILES string of the molecule is OCc1ccc(Oc2cccc(CO)c2)cc1. The molecule has 0 aliphatic carbocycles. The van der Waals surface area contributed by atoms with E-state index in [-0.39, 0.29) is 13.2 Å². The molecule has 0 aromatic heterocycles. The minimum atomic E-state index is 0.000645. The molecule has 0 heterocycles. The van der Waals surface area contributed by atoms with Crippen LogP contribution in [0.4, 0.5) is 0 Å². The average Bonchev–Trinajstić information content (AvgIpc) is 2.40. The van der Waals surface area contributed by atoms with Crippen molar-refractivity contribution >= 4 is 0 Å². The molecule has 0 amide bonds. The molecule has 2 aromatic rings. The molecule has 17 heavy (non-hydrogen) atoms. The van der Waals surface area contributed by atoms with Gasteiger partial charge >= 0.3 is 0 Å². The molecule has 0 saturated carbocycles. The highest BCUT2D eigenvalue weighted by atomic mass is 16.5. The van der Waals surface area contributed by atoms with Gasteiger partial charge in [-0.1, -0.05) is 24.3 Å². The van der Waals surface area contributed by atoms with Crippen LogP contribution in [0.2, 0.25) is 0 Å². The zero-order valence-electron chi connectivity index (χ0n) is 9.34. The summed E-state index contributed by atoms with van der Waals surface area (Å²) >= 11 is 0. The lowest BCUT2D eigenvalue weighted by atomic mass is 10.2. The first kappa shape index (κ1) is 11.6. The number of rotatable bonds is 4. The molecule has 88 valence electrons. The van der Waals surface area contributed by atoms with Crippen molar-refractivity contribution in [3.8, 4) is 11.5 Å². The normalized spacial score (nSPS) is 10.2. The third kappa shape index (κ3) is 3.06. The maximum atomic E-state index is 9.01. The number of hydrogen-bond acceptors (Lipinski definition) is 3. The topological polar surface area (TPSA) is 49.7 Å². The molecule has 3 heteroatoms. The van der Waals surface area contributed by atoms with E-state index in [0.29, 0.717) is 11.5 Å². The van der Waals surface area contributed by atoms with Crippen LogP contribution in [0.15, 0.2) is 48.5 Å². The van der Waals surface area contributed by atoms with Gasteiger partial charge in [-0.2, -0.15) is 0 Å². The Kier molecular flexibility index (Phi) is 3.75. The predicted octanol–water partition coefficient (Wildman–Crippen LogP) is 2.46. The molecule has 0 unspecified atom stereocenters. The number of aliphatic hydroxyl groups is 2. The lowest BCUT2D eigenvalue weighted by molar-refractivity contribution is 0.281. The van der Waals surface area contributed by atoms with Crippen molar-refractivity contribution in [1.82, 2.24) is 0 Å². The minimum Gasteiger partial charge on any atom is -0.457 e. The van der Waals surface area contributed by atoms with Crippen LogP contribution in [0.5, 0.6) is 11.5 Å². The lowest BCUT2D eigenvalue weighted by Gasteiger charge is -2.07. The summed E-state index contributed by atoms with van der Waals surface area (Å²) in [5, 5.41) is 17.9. The van der Waals surface area contributed by atoms with E-state index in [9.17, 15) is 0 Å². The van der Waals surface area contributed by atoms with Gasteiger partial charge in [-0.05, 0) is 35.4 Å². The van der Waals surface area contributed by atoms with Gasteiger partial charge in [-0.3, -0.25) is 0 Å². The largest absolute Gasteiger partial charge is 0.457 e. The highest BCUT2D eigenvalue weighted by Gasteiger charge is 1.99.